The molecule has 5 nitrogen and oxygen atoms in total. The SMILES string of the molecule is O=C(CP(=O)(O)O)c1cccc(Oc2cccc(F)c2)c1. The van der Waals surface area contributed by atoms with E-state index in [0.717, 1.165) is 0 Å². The number of Topliss-reactive ketones (excluding diaryl/α,β-unsaturated/α-hetero) is 1. The third-order valence-corrected chi connectivity index (χ3v) is 3.24. The molecule has 0 aliphatic carbocycles. The summed E-state index contributed by atoms with van der Waals surface area (Å²) in [5, 5.41) is 0. The molecule has 7 heteroatoms. The van der Waals surface area contributed by atoms with Gasteiger partial charge in [-0.1, -0.05) is 18.2 Å². The minimum Gasteiger partial charge on any atom is -0.457 e. The standard InChI is InChI=1S/C14H12FO5P/c15-11-4-2-6-13(8-11)20-12-5-1-3-10(7-12)14(16)9-21(17,18)19/h1-8H,9H2,(H2,17,18,19). The summed E-state index contributed by atoms with van der Waals surface area (Å²) >= 11 is 0. The molecule has 110 valence electrons. The second-order valence-electron chi connectivity index (χ2n) is 4.33. The predicted octanol–water partition coefficient (Wildman–Crippen LogP) is 2.98. The number of rotatable bonds is 5. The van der Waals surface area contributed by atoms with E-state index in [-0.39, 0.29) is 17.1 Å². The number of hydrogen-bond acceptors (Lipinski definition) is 3. The third-order valence-electron chi connectivity index (χ3n) is 2.54. The first-order valence-corrected chi connectivity index (χ1v) is 7.74. The van der Waals surface area contributed by atoms with Gasteiger partial charge in [-0.2, -0.15) is 0 Å². The number of hydrogen-bond donors (Lipinski definition) is 2. The molecule has 0 atom stereocenters. The number of ether oxygens (including phenoxy) is 1. The number of ketones is 1. The number of benzene rings is 2. The van der Waals surface area contributed by atoms with Crippen molar-refractivity contribution in [3.63, 3.8) is 0 Å². The van der Waals surface area contributed by atoms with Crippen LogP contribution in [0.15, 0.2) is 48.5 Å². The monoisotopic (exact) mass is 310 g/mol. The molecule has 0 radical (unpaired) electrons. The lowest BCUT2D eigenvalue weighted by molar-refractivity contribution is 0.101. The van der Waals surface area contributed by atoms with Gasteiger partial charge in [0.05, 0.1) is 0 Å². The molecular formula is C14H12FO5P. The van der Waals surface area contributed by atoms with Gasteiger partial charge >= 0.3 is 7.60 Å². The molecular weight excluding hydrogens is 298 g/mol. The molecule has 2 rings (SSSR count). The van der Waals surface area contributed by atoms with Crippen LogP contribution in [0.5, 0.6) is 11.5 Å². The van der Waals surface area contributed by atoms with Gasteiger partial charge in [0.15, 0.2) is 5.78 Å². The van der Waals surface area contributed by atoms with Crippen LogP contribution in [0, 0.1) is 5.82 Å². The first kappa shape index (κ1) is 15.4. The Morgan fingerprint density at radius 3 is 2.33 bits per heavy atom. The Morgan fingerprint density at radius 1 is 1.10 bits per heavy atom. The highest BCUT2D eigenvalue weighted by Gasteiger charge is 2.20. The van der Waals surface area contributed by atoms with Crippen molar-refractivity contribution >= 4 is 13.4 Å². The molecule has 2 N–H and O–H groups in total. The Balaban J connectivity index is 2.18. The maximum Gasteiger partial charge on any atom is 0.333 e. The molecule has 0 saturated heterocycles. The highest BCUT2D eigenvalue weighted by atomic mass is 31.2. The third kappa shape index (κ3) is 4.79. The summed E-state index contributed by atoms with van der Waals surface area (Å²) in [6, 6.07) is 11.3. The van der Waals surface area contributed by atoms with Crippen molar-refractivity contribution in [1.29, 1.82) is 0 Å². The molecule has 0 amide bonds. The Kier molecular flexibility index (Phi) is 4.53. The summed E-state index contributed by atoms with van der Waals surface area (Å²) in [4.78, 5) is 29.3. The molecule has 2 aromatic rings. The highest BCUT2D eigenvalue weighted by molar-refractivity contribution is 7.52. The molecule has 0 fully saturated rings. The van der Waals surface area contributed by atoms with E-state index in [1.165, 1.54) is 36.4 Å². The minimum absolute atomic E-state index is 0.118. The average Bonchev–Trinajstić information content (AvgIpc) is 2.37. The van der Waals surface area contributed by atoms with E-state index in [9.17, 15) is 13.8 Å². The van der Waals surface area contributed by atoms with Crippen LogP contribution in [0.25, 0.3) is 0 Å². The quantitative estimate of drug-likeness (QED) is 0.655. The van der Waals surface area contributed by atoms with Crippen LogP contribution in [0.2, 0.25) is 0 Å². The van der Waals surface area contributed by atoms with Crippen molar-refractivity contribution in [3.8, 4) is 11.5 Å². The van der Waals surface area contributed by atoms with E-state index in [1.54, 1.807) is 12.1 Å². The zero-order valence-corrected chi connectivity index (χ0v) is 11.7. The van der Waals surface area contributed by atoms with E-state index in [0.29, 0.717) is 0 Å². The molecule has 0 aromatic heterocycles. The van der Waals surface area contributed by atoms with Crippen molar-refractivity contribution in [2.75, 3.05) is 6.16 Å². The lowest BCUT2D eigenvalue weighted by Gasteiger charge is -2.08. The van der Waals surface area contributed by atoms with Gasteiger partial charge in [-0.05, 0) is 24.3 Å². The normalized spacial score (nSPS) is 11.2. The highest BCUT2D eigenvalue weighted by Crippen LogP contribution is 2.35. The zero-order chi connectivity index (χ0) is 15.5. The van der Waals surface area contributed by atoms with Crippen LogP contribution in [0.4, 0.5) is 4.39 Å². The van der Waals surface area contributed by atoms with Crippen LogP contribution in [0.1, 0.15) is 10.4 Å². The summed E-state index contributed by atoms with van der Waals surface area (Å²) in [6.45, 7) is 0. The zero-order valence-electron chi connectivity index (χ0n) is 10.8. The van der Waals surface area contributed by atoms with E-state index in [2.05, 4.69) is 0 Å². The van der Waals surface area contributed by atoms with Crippen LogP contribution >= 0.6 is 7.60 Å². The fraction of sp³-hybridized carbons (Fsp3) is 0.0714. The predicted molar refractivity (Wildman–Crippen MR) is 74.2 cm³/mol. The lowest BCUT2D eigenvalue weighted by atomic mass is 10.1. The summed E-state index contributed by atoms with van der Waals surface area (Å²) in [7, 11) is -4.42. The van der Waals surface area contributed by atoms with Crippen LogP contribution in [-0.4, -0.2) is 21.7 Å². The van der Waals surface area contributed by atoms with Crippen molar-refractivity contribution in [2.24, 2.45) is 0 Å². The summed E-state index contributed by atoms with van der Waals surface area (Å²) < 4.78 is 29.3. The van der Waals surface area contributed by atoms with E-state index in [1.807, 2.05) is 0 Å². The summed E-state index contributed by atoms with van der Waals surface area (Å²) in [5.41, 5.74) is 0.118. The largest absolute Gasteiger partial charge is 0.457 e. The molecule has 0 saturated carbocycles. The van der Waals surface area contributed by atoms with Crippen molar-refractivity contribution in [1.82, 2.24) is 0 Å². The van der Waals surface area contributed by atoms with Crippen LogP contribution < -0.4 is 4.74 Å². The van der Waals surface area contributed by atoms with Gasteiger partial charge in [-0.3, -0.25) is 9.36 Å². The smallest absolute Gasteiger partial charge is 0.333 e. The Morgan fingerprint density at radius 2 is 1.71 bits per heavy atom. The first-order valence-electron chi connectivity index (χ1n) is 5.95. The minimum atomic E-state index is -4.42. The first-order chi connectivity index (χ1) is 9.83. The maximum atomic E-state index is 13.0. The summed E-state index contributed by atoms with van der Waals surface area (Å²) in [5.74, 6) is -0.610. The van der Waals surface area contributed by atoms with Crippen molar-refractivity contribution < 1.29 is 28.3 Å². The average molecular weight is 310 g/mol. The van der Waals surface area contributed by atoms with Gasteiger partial charge in [-0.15, -0.1) is 0 Å². The molecule has 0 heterocycles. The molecule has 21 heavy (non-hydrogen) atoms. The molecule has 2 aromatic carbocycles. The van der Waals surface area contributed by atoms with E-state index < -0.39 is 25.4 Å². The van der Waals surface area contributed by atoms with E-state index in [4.69, 9.17) is 14.5 Å². The van der Waals surface area contributed by atoms with Gasteiger partial charge in [-0.25, -0.2) is 4.39 Å². The Bertz CT molecular complexity index is 710. The lowest BCUT2D eigenvalue weighted by Crippen LogP contribution is -2.05. The molecule has 0 spiro atoms. The van der Waals surface area contributed by atoms with Gasteiger partial charge in [0.2, 0.25) is 0 Å². The van der Waals surface area contributed by atoms with Crippen LogP contribution in [0.3, 0.4) is 0 Å². The van der Waals surface area contributed by atoms with Gasteiger partial charge < -0.3 is 14.5 Å². The van der Waals surface area contributed by atoms with Gasteiger partial charge in [0.1, 0.15) is 23.5 Å². The summed E-state index contributed by atoms with van der Waals surface area (Å²) in [6.07, 6.45) is -0.865. The number of halogens is 1. The Labute approximate surface area is 120 Å². The Hall–Kier alpha value is -2.01. The fourth-order valence-electron chi connectivity index (χ4n) is 1.68. The van der Waals surface area contributed by atoms with Crippen molar-refractivity contribution in [2.45, 2.75) is 0 Å². The fourth-order valence-corrected chi connectivity index (χ4v) is 2.23. The molecule has 0 bridgehead atoms. The molecule has 0 aliphatic rings. The molecule has 0 unspecified atom stereocenters. The second-order valence-corrected chi connectivity index (χ2v) is 5.98. The number of carbonyl (C=O) groups excluding carboxylic acids is 1. The second kappa shape index (κ2) is 6.18. The van der Waals surface area contributed by atoms with E-state index >= 15 is 0 Å². The van der Waals surface area contributed by atoms with Crippen molar-refractivity contribution in [3.05, 3.63) is 59.9 Å². The van der Waals surface area contributed by atoms with Gasteiger partial charge in [0, 0.05) is 11.6 Å². The number of carbonyl (C=O) groups is 1. The molecule has 0 aliphatic heterocycles. The maximum absolute atomic E-state index is 13.0. The van der Waals surface area contributed by atoms with Crippen LogP contribution in [-0.2, 0) is 4.57 Å². The topological polar surface area (TPSA) is 83.8 Å². The van der Waals surface area contributed by atoms with Gasteiger partial charge in [0.25, 0.3) is 0 Å².